The van der Waals surface area contributed by atoms with Crippen LogP contribution in [-0.4, -0.2) is 43.5 Å². The first kappa shape index (κ1) is 33.7. The largest absolute Gasteiger partial charge is 0.459 e. The van der Waals surface area contributed by atoms with Gasteiger partial charge in [0.05, 0.1) is 12.2 Å². The third kappa shape index (κ3) is 9.58. The summed E-state index contributed by atoms with van der Waals surface area (Å²) in [6.07, 6.45) is 4.93. The minimum absolute atomic E-state index is 0.0531. The summed E-state index contributed by atoms with van der Waals surface area (Å²) in [5, 5.41) is 13.1. The number of esters is 1. The second kappa shape index (κ2) is 16.1. The van der Waals surface area contributed by atoms with Crippen LogP contribution >= 0.6 is 0 Å². The molecule has 0 amide bonds. The van der Waals surface area contributed by atoms with Gasteiger partial charge in [-0.05, 0) is 33.5 Å². The predicted octanol–water partition coefficient (Wildman–Crippen LogP) is 6.42. The van der Waals surface area contributed by atoms with Gasteiger partial charge < -0.3 is 14.3 Å². The summed E-state index contributed by atoms with van der Waals surface area (Å²) in [6.45, 7) is 13.9. The zero-order valence-electron chi connectivity index (χ0n) is 25.5. The first-order valence-electron chi connectivity index (χ1n) is 14.8. The average Bonchev–Trinajstić information content (AvgIpc) is 2.99. The van der Waals surface area contributed by atoms with E-state index in [0.717, 1.165) is 22.0 Å². The number of carbonyl (C=O) groups excluding carboxylic acids is 2. The maximum absolute atomic E-state index is 12.8. The van der Waals surface area contributed by atoms with Gasteiger partial charge in [0.25, 0.3) is 8.32 Å². The van der Waals surface area contributed by atoms with Crippen molar-refractivity contribution in [1.29, 1.82) is 0 Å². The third-order valence-electron chi connectivity index (χ3n) is 7.40. The lowest BCUT2D eigenvalue weighted by molar-refractivity contribution is -0.144. The fraction of sp³-hybridized carbons (Fsp3) is 0.297. The van der Waals surface area contributed by atoms with Crippen molar-refractivity contribution in [3.8, 4) is 0 Å². The molecule has 0 fully saturated rings. The van der Waals surface area contributed by atoms with Crippen molar-refractivity contribution in [1.82, 2.24) is 0 Å². The Morgan fingerprint density at radius 3 is 1.86 bits per heavy atom. The normalized spacial score (nSPS) is 14.0. The van der Waals surface area contributed by atoms with Crippen LogP contribution in [0.2, 0.25) is 5.04 Å². The highest BCUT2D eigenvalue weighted by Crippen LogP contribution is 2.38. The maximum Gasteiger partial charge on any atom is 0.330 e. The van der Waals surface area contributed by atoms with Gasteiger partial charge in [0.2, 0.25) is 0 Å². The number of ether oxygens (including phenoxy) is 1. The number of hydrogen-bond donors (Lipinski definition) is 1. The molecule has 1 N–H and O–H groups in total. The fourth-order valence-corrected chi connectivity index (χ4v) is 10.2. The van der Waals surface area contributed by atoms with Crippen LogP contribution in [0.15, 0.2) is 122 Å². The Morgan fingerprint density at radius 1 is 0.837 bits per heavy atom. The Morgan fingerprint density at radius 2 is 1.37 bits per heavy atom. The van der Waals surface area contributed by atoms with Gasteiger partial charge in [-0.25, -0.2) is 4.79 Å². The summed E-state index contributed by atoms with van der Waals surface area (Å²) < 4.78 is 13.0. The Labute approximate surface area is 257 Å². The molecule has 3 aromatic carbocycles. The topological polar surface area (TPSA) is 72.8 Å². The van der Waals surface area contributed by atoms with Crippen LogP contribution in [0.4, 0.5) is 0 Å². The molecule has 0 aromatic heterocycles. The molecule has 226 valence electrons. The Kier molecular flexibility index (Phi) is 12.6. The van der Waals surface area contributed by atoms with Crippen molar-refractivity contribution >= 4 is 36.5 Å². The Hall–Kier alpha value is -3.84. The van der Waals surface area contributed by atoms with Crippen molar-refractivity contribution in [2.75, 3.05) is 0 Å². The molecular weight excluding hydrogens is 552 g/mol. The Balaban J connectivity index is 1.99. The van der Waals surface area contributed by atoms with Crippen LogP contribution < -0.4 is 10.4 Å². The molecule has 3 atom stereocenters. The van der Waals surface area contributed by atoms with Gasteiger partial charge in [-0.2, -0.15) is 0 Å². The van der Waals surface area contributed by atoms with Crippen LogP contribution in [0.3, 0.4) is 0 Å². The molecule has 43 heavy (non-hydrogen) atoms. The summed E-state index contributed by atoms with van der Waals surface area (Å²) in [6, 6.07) is 30.0. The van der Waals surface area contributed by atoms with Crippen LogP contribution in [0, 0.1) is 0 Å². The predicted molar refractivity (Wildman–Crippen MR) is 178 cm³/mol. The molecule has 0 saturated heterocycles. The van der Waals surface area contributed by atoms with Crippen molar-refractivity contribution in [2.24, 2.45) is 0 Å². The van der Waals surface area contributed by atoms with Crippen LogP contribution in [0.1, 0.15) is 52.0 Å². The molecule has 3 rings (SSSR count). The van der Waals surface area contributed by atoms with Gasteiger partial charge in [-0.3, -0.25) is 4.79 Å². The lowest BCUT2D eigenvalue weighted by atomic mass is 10.0. The van der Waals surface area contributed by atoms with E-state index in [1.54, 1.807) is 12.2 Å². The molecule has 0 saturated carbocycles. The Bertz CT molecular complexity index is 1310. The van der Waals surface area contributed by atoms with E-state index < -0.39 is 32.6 Å². The molecule has 3 aromatic rings. The van der Waals surface area contributed by atoms with E-state index in [0.29, 0.717) is 12.8 Å². The van der Waals surface area contributed by atoms with Gasteiger partial charge in [0.15, 0.2) is 5.78 Å². The quantitative estimate of drug-likeness (QED) is 0.0894. The van der Waals surface area contributed by atoms with Crippen LogP contribution in [-0.2, 0) is 18.8 Å². The highest BCUT2D eigenvalue weighted by Gasteiger charge is 2.51. The maximum atomic E-state index is 12.8. The fourth-order valence-electron chi connectivity index (χ4n) is 5.46. The summed E-state index contributed by atoms with van der Waals surface area (Å²) in [4.78, 5) is 25.0. The van der Waals surface area contributed by atoms with E-state index in [2.05, 4.69) is 58.2 Å². The second-order valence-corrected chi connectivity index (χ2v) is 16.0. The number of rotatable bonds is 16. The number of carbonyl (C=O) groups is 2. The molecule has 0 aliphatic rings. The van der Waals surface area contributed by atoms with Crippen molar-refractivity contribution in [2.45, 2.75) is 69.8 Å². The molecule has 5 nitrogen and oxygen atoms in total. The van der Waals surface area contributed by atoms with Crippen molar-refractivity contribution < 1.29 is 23.9 Å². The monoisotopic (exact) mass is 596 g/mol. The average molecular weight is 597 g/mol. The van der Waals surface area contributed by atoms with Crippen LogP contribution in [0.25, 0.3) is 6.08 Å². The first-order valence-corrected chi connectivity index (χ1v) is 16.7. The number of allylic oxidation sites excluding steroid dienone is 1. The van der Waals surface area contributed by atoms with Gasteiger partial charge in [0.1, 0.15) is 6.10 Å². The first-order chi connectivity index (χ1) is 20.6. The molecule has 0 radical (unpaired) electrons. The highest BCUT2D eigenvalue weighted by atomic mass is 28.4. The zero-order valence-corrected chi connectivity index (χ0v) is 26.5. The molecule has 0 aliphatic heterocycles. The highest BCUT2D eigenvalue weighted by molar-refractivity contribution is 6.99. The summed E-state index contributed by atoms with van der Waals surface area (Å²) in [5.74, 6) is -0.709. The smallest absolute Gasteiger partial charge is 0.330 e. The standard InChI is InChI=1S/C37H44O5Si/c1-6-17-32(41-36(40)7-2)28-33(27-31(39)26-30(38)25-24-29-18-11-8-12-19-29)42-43(37(3,4)5,34-20-13-9-14-21-34)35-22-15-10-16-23-35/h6-16,18-25,31-33,39H,1-2,17,26-28H2,3-5H3/b25-24+/t31?,32-,33+/m1/s1. The number of aliphatic hydroxyl groups excluding tert-OH is 1. The minimum atomic E-state index is -3.01. The summed E-state index contributed by atoms with van der Waals surface area (Å²) in [7, 11) is -3.01. The van der Waals surface area contributed by atoms with E-state index in [-0.39, 0.29) is 23.7 Å². The van der Waals surface area contributed by atoms with E-state index >= 15 is 0 Å². The number of ketones is 1. The van der Waals surface area contributed by atoms with Gasteiger partial charge in [0, 0.05) is 25.3 Å². The summed E-state index contributed by atoms with van der Waals surface area (Å²) >= 11 is 0. The molecular formula is C37H44O5Si. The SMILES string of the molecule is C=CC[C@H](C[C@H](CC(O)CC(=O)/C=C/c1ccccc1)O[Si](c1ccccc1)(c1ccccc1)C(C)(C)C)OC(=O)C=C. The van der Waals surface area contributed by atoms with Crippen molar-refractivity contribution in [3.63, 3.8) is 0 Å². The van der Waals surface area contributed by atoms with E-state index in [1.807, 2.05) is 66.7 Å². The minimum Gasteiger partial charge on any atom is -0.459 e. The molecule has 6 heteroatoms. The second-order valence-electron chi connectivity index (χ2n) is 11.7. The molecule has 0 heterocycles. The molecule has 0 spiro atoms. The van der Waals surface area contributed by atoms with Gasteiger partial charge >= 0.3 is 5.97 Å². The number of hydrogen-bond acceptors (Lipinski definition) is 5. The number of aliphatic hydroxyl groups is 1. The lowest BCUT2D eigenvalue weighted by Crippen LogP contribution is -2.68. The van der Waals surface area contributed by atoms with E-state index in [9.17, 15) is 14.7 Å². The lowest BCUT2D eigenvalue weighted by Gasteiger charge is -2.46. The van der Waals surface area contributed by atoms with Crippen molar-refractivity contribution in [3.05, 3.63) is 128 Å². The van der Waals surface area contributed by atoms with Gasteiger partial charge in [-0.15, -0.1) is 6.58 Å². The molecule has 0 aliphatic carbocycles. The summed E-state index contributed by atoms with van der Waals surface area (Å²) in [5.41, 5.74) is 0.912. The zero-order chi connectivity index (χ0) is 31.3. The van der Waals surface area contributed by atoms with Crippen LogP contribution in [0.5, 0.6) is 0 Å². The van der Waals surface area contributed by atoms with E-state index in [4.69, 9.17) is 9.16 Å². The molecule has 0 bridgehead atoms. The van der Waals surface area contributed by atoms with E-state index in [1.165, 1.54) is 6.08 Å². The number of benzene rings is 3. The van der Waals surface area contributed by atoms with Gasteiger partial charge in [-0.1, -0.05) is 130 Å². The molecule has 1 unspecified atom stereocenters. The third-order valence-corrected chi connectivity index (χ3v) is 12.5.